The molecular formula is C64H44N4S. The summed E-state index contributed by atoms with van der Waals surface area (Å²) < 4.78 is 4.89. The highest BCUT2D eigenvalue weighted by Crippen LogP contribution is 2.46. The third kappa shape index (κ3) is 7.56. The van der Waals surface area contributed by atoms with Crippen molar-refractivity contribution in [3.05, 3.63) is 249 Å². The average Bonchev–Trinajstić information content (AvgIpc) is 3.97. The lowest BCUT2D eigenvalue weighted by Crippen LogP contribution is -2.03. The molecule has 0 saturated carbocycles. The molecule has 0 aliphatic rings. The molecule has 3 aromatic heterocycles. The van der Waals surface area contributed by atoms with Gasteiger partial charge in [0.2, 0.25) is 0 Å². The highest BCUT2D eigenvalue weighted by atomic mass is 32.1. The van der Waals surface area contributed by atoms with Gasteiger partial charge in [-0.05, 0) is 106 Å². The van der Waals surface area contributed by atoms with Crippen molar-refractivity contribution in [1.29, 1.82) is 0 Å². The van der Waals surface area contributed by atoms with E-state index in [0.29, 0.717) is 17.5 Å². The predicted molar refractivity (Wildman–Crippen MR) is 293 cm³/mol. The van der Waals surface area contributed by atoms with E-state index in [1.165, 1.54) is 58.7 Å². The Morgan fingerprint density at radius 2 is 1.03 bits per heavy atom. The number of hydrogen-bond acceptors (Lipinski definition) is 4. The number of thiophene rings is 1. The van der Waals surface area contributed by atoms with Crippen LogP contribution < -0.4 is 0 Å². The van der Waals surface area contributed by atoms with E-state index in [1.54, 1.807) is 0 Å². The second-order valence-electron chi connectivity index (χ2n) is 17.1. The minimum absolute atomic E-state index is 0.554. The molecule has 0 unspecified atom stereocenters. The summed E-state index contributed by atoms with van der Waals surface area (Å²) in [6.45, 7) is 6.18. The summed E-state index contributed by atoms with van der Waals surface area (Å²) in [5.74, 6) is 1.73. The normalized spacial score (nSPS) is 11.9. The first-order chi connectivity index (χ1) is 34.1. The molecule has 12 rings (SSSR count). The van der Waals surface area contributed by atoms with E-state index in [2.05, 4.69) is 193 Å². The number of hydrogen-bond donors (Lipinski definition) is 0. The number of benzene rings is 9. The van der Waals surface area contributed by atoms with Crippen LogP contribution in [0.2, 0.25) is 0 Å². The van der Waals surface area contributed by atoms with Gasteiger partial charge in [0, 0.05) is 53.3 Å². The third-order valence-electron chi connectivity index (χ3n) is 13.0. The van der Waals surface area contributed by atoms with Gasteiger partial charge in [-0.25, -0.2) is 15.0 Å². The van der Waals surface area contributed by atoms with Crippen molar-refractivity contribution in [3.63, 3.8) is 0 Å². The smallest absolute Gasteiger partial charge is 0.164 e. The first-order valence-electron chi connectivity index (χ1n) is 23.2. The largest absolute Gasteiger partial charge is 0.309 e. The summed E-state index contributed by atoms with van der Waals surface area (Å²) in [6, 6.07) is 76.0. The first kappa shape index (κ1) is 41.6. The van der Waals surface area contributed by atoms with Gasteiger partial charge in [0.15, 0.2) is 17.5 Å². The van der Waals surface area contributed by atoms with Crippen LogP contribution in [0.3, 0.4) is 0 Å². The number of aromatic nitrogens is 4. The molecule has 0 radical (unpaired) electrons. The van der Waals surface area contributed by atoms with E-state index >= 15 is 0 Å². The predicted octanol–water partition coefficient (Wildman–Crippen LogP) is 17.5. The van der Waals surface area contributed by atoms with Crippen molar-refractivity contribution in [1.82, 2.24) is 19.5 Å². The lowest BCUT2D eigenvalue weighted by atomic mass is 9.89. The van der Waals surface area contributed by atoms with Crippen LogP contribution in [-0.2, 0) is 0 Å². The van der Waals surface area contributed by atoms with Crippen LogP contribution in [0.5, 0.6) is 0 Å². The van der Waals surface area contributed by atoms with Gasteiger partial charge in [0.25, 0.3) is 0 Å². The highest BCUT2D eigenvalue weighted by molar-refractivity contribution is 7.26. The zero-order chi connectivity index (χ0) is 46.3. The standard InChI is InChI=1S/C64H44N4S/c1-3-5-20-42(4-2)62-65-63(45-25-14-8-15-26-45)67-64(66-62)54-40-47(46-31-34-50(43-21-10-6-11-22-43)53(39-46)44-23-12-7-13-24-44)32-35-51(54)48-33-37-58-55(41-48)61-59(69-58)38-36-57-60(61)52-29-18-19-30-56(52)68(57)49-27-16-9-17-28-49/h3-41H,2H2,1H3/b5-3-,42-20+. The van der Waals surface area contributed by atoms with E-state index in [4.69, 9.17) is 15.0 Å². The second-order valence-corrected chi connectivity index (χ2v) is 18.2. The first-order valence-corrected chi connectivity index (χ1v) is 24.1. The van der Waals surface area contributed by atoms with Crippen LogP contribution in [0, 0.1) is 0 Å². The van der Waals surface area contributed by atoms with Crippen molar-refractivity contribution in [2.45, 2.75) is 6.92 Å². The number of rotatable bonds is 10. The quantitative estimate of drug-likeness (QED) is 0.128. The molecule has 0 aliphatic heterocycles. The molecule has 0 aliphatic carbocycles. The minimum atomic E-state index is 0.554. The van der Waals surface area contributed by atoms with Gasteiger partial charge < -0.3 is 4.57 Å². The Morgan fingerprint density at radius 1 is 0.449 bits per heavy atom. The van der Waals surface area contributed by atoms with Gasteiger partial charge >= 0.3 is 0 Å². The fourth-order valence-corrected chi connectivity index (χ4v) is 10.8. The summed E-state index contributed by atoms with van der Waals surface area (Å²) in [6.07, 6.45) is 7.81. The fourth-order valence-electron chi connectivity index (χ4n) is 9.74. The third-order valence-corrected chi connectivity index (χ3v) is 14.1. The number of fused-ring (bicyclic) bond motifs is 7. The Bertz CT molecular complexity index is 3960. The van der Waals surface area contributed by atoms with Gasteiger partial charge in [-0.1, -0.05) is 189 Å². The molecule has 0 N–H and O–H groups in total. The van der Waals surface area contributed by atoms with Crippen molar-refractivity contribution in [2.24, 2.45) is 0 Å². The van der Waals surface area contributed by atoms with Crippen molar-refractivity contribution >= 4 is 58.9 Å². The van der Waals surface area contributed by atoms with Crippen LogP contribution in [0.15, 0.2) is 243 Å². The van der Waals surface area contributed by atoms with Crippen LogP contribution in [0.25, 0.3) is 121 Å². The van der Waals surface area contributed by atoms with Gasteiger partial charge in [-0.2, -0.15) is 0 Å². The Hall–Kier alpha value is -8.77. The van der Waals surface area contributed by atoms with Gasteiger partial charge in [-0.15, -0.1) is 11.3 Å². The van der Waals surface area contributed by atoms with E-state index in [0.717, 1.165) is 50.2 Å². The fraction of sp³-hybridized carbons (Fsp3) is 0.0156. The lowest BCUT2D eigenvalue weighted by Gasteiger charge is -2.16. The van der Waals surface area contributed by atoms with E-state index in [9.17, 15) is 0 Å². The van der Waals surface area contributed by atoms with E-state index in [1.807, 2.05) is 72.9 Å². The molecule has 326 valence electrons. The molecule has 0 amide bonds. The Balaban J connectivity index is 1.11. The molecule has 5 heteroatoms. The van der Waals surface area contributed by atoms with Gasteiger partial charge in [0.05, 0.1) is 11.0 Å². The van der Waals surface area contributed by atoms with Crippen LogP contribution in [-0.4, -0.2) is 19.5 Å². The number of nitrogens with zero attached hydrogens (tertiary/aromatic N) is 4. The Labute approximate surface area is 405 Å². The second kappa shape index (κ2) is 17.8. The molecule has 69 heavy (non-hydrogen) atoms. The molecule has 3 heterocycles. The molecule has 0 bridgehead atoms. The molecular weight excluding hydrogens is 857 g/mol. The lowest BCUT2D eigenvalue weighted by molar-refractivity contribution is 1.04. The summed E-state index contributed by atoms with van der Waals surface area (Å²) >= 11 is 1.84. The maximum absolute atomic E-state index is 5.32. The van der Waals surface area contributed by atoms with Crippen molar-refractivity contribution in [3.8, 4) is 73.0 Å². The zero-order valence-electron chi connectivity index (χ0n) is 37.9. The summed E-state index contributed by atoms with van der Waals surface area (Å²) in [5.41, 5.74) is 15.1. The van der Waals surface area contributed by atoms with Crippen LogP contribution in [0.4, 0.5) is 0 Å². The minimum Gasteiger partial charge on any atom is -0.309 e. The number of allylic oxidation sites excluding steroid dienone is 5. The molecule has 0 atom stereocenters. The Kier molecular flexibility index (Phi) is 10.7. The molecule has 4 nitrogen and oxygen atoms in total. The maximum Gasteiger partial charge on any atom is 0.164 e. The molecule has 0 fully saturated rings. The van der Waals surface area contributed by atoms with E-state index in [-0.39, 0.29) is 0 Å². The van der Waals surface area contributed by atoms with Gasteiger partial charge in [-0.3, -0.25) is 0 Å². The van der Waals surface area contributed by atoms with Gasteiger partial charge in [0.1, 0.15) is 0 Å². The summed E-state index contributed by atoms with van der Waals surface area (Å²) in [4.78, 5) is 15.7. The Morgan fingerprint density at radius 3 is 1.72 bits per heavy atom. The monoisotopic (exact) mass is 900 g/mol. The maximum atomic E-state index is 5.32. The number of para-hydroxylation sites is 2. The average molecular weight is 901 g/mol. The SMILES string of the molecule is C=C/C(=C\C=C/C)c1nc(-c2ccccc2)nc(-c2cc(-c3ccc(-c4ccccc4)c(-c4ccccc4)c3)ccc2-c2ccc3sc4ccc5c(c6ccccc6n5-c5ccccc5)c4c3c2)n1. The highest BCUT2D eigenvalue weighted by Gasteiger charge is 2.21. The molecule has 12 aromatic rings. The zero-order valence-corrected chi connectivity index (χ0v) is 38.7. The van der Waals surface area contributed by atoms with Crippen molar-refractivity contribution < 1.29 is 0 Å². The van der Waals surface area contributed by atoms with Crippen molar-refractivity contribution in [2.75, 3.05) is 0 Å². The topological polar surface area (TPSA) is 43.6 Å². The van der Waals surface area contributed by atoms with E-state index < -0.39 is 0 Å². The molecule has 0 spiro atoms. The van der Waals surface area contributed by atoms with Crippen LogP contribution >= 0.6 is 11.3 Å². The molecule has 0 saturated heterocycles. The summed E-state index contributed by atoms with van der Waals surface area (Å²) in [7, 11) is 0. The van der Waals surface area contributed by atoms with Crippen LogP contribution in [0.1, 0.15) is 12.7 Å². The molecule has 9 aromatic carbocycles. The summed E-state index contributed by atoms with van der Waals surface area (Å²) in [5, 5.41) is 4.99.